The van der Waals surface area contributed by atoms with Crippen LogP contribution in [0.3, 0.4) is 0 Å². The Morgan fingerprint density at radius 1 is 0.963 bits per heavy atom. The van der Waals surface area contributed by atoms with E-state index in [2.05, 4.69) is 10.6 Å². The Morgan fingerprint density at radius 2 is 1.59 bits per heavy atom. The van der Waals surface area contributed by atoms with Gasteiger partial charge in [0.1, 0.15) is 0 Å². The molecule has 2 aromatic carbocycles. The van der Waals surface area contributed by atoms with Gasteiger partial charge < -0.3 is 20.1 Å². The third kappa shape index (κ3) is 4.84. The highest BCUT2D eigenvalue weighted by Gasteiger charge is 2.34. The Hall–Kier alpha value is -2.90. The van der Waals surface area contributed by atoms with Crippen molar-refractivity contribution in [1.29, 1.82) is 0 Å². The van der Waals surface area contributed by atoms with Crippen LogP contribution >= 0.6 is 0 Å². The Balaban J connectivity index is 2.20. The van der Waals surface area contributed by atoms with Crippen molar-refractivity contribution in [2.45, 2.75) is 25.6 Å². The number of para-hydroxylation sites is 1. The number of rotatable bonds is 5. The summed E-state index contributed by atoms with van der Waals surface area (Å²) in [5.74, 6) is 1.01. The fourth-order valence-electron chi connectivity index (χ4n) is 2.57. The number of carbonyl (C=O) groups excluding carboxylic acids is 1. The van der Waals surface area contributed by atoms with Gasteiger partial charge in [0.25, 0.3) is 0 Å². The lowest BCUT2D eigenvalue weighted by atomic mass is 9.94. The zero-order valence-electron chi connectivity index (χ0n) is 15.4. The van der Waals surface area contributed by atoms with Gasteiger partial charge in [-0.2, -0.15) is 13.2 Å². The van der Waals surface area contributed by atoms with Crippen molar-refractivity contribution in [3.8, 4) is 11.5 Å². The van der Waals surface area contributed by atoms with Crippen LogP contribution in [0, 0.1) is 0 Å². The van der Waals surface area contributed by atoms with Gasteiger partial charge in [0.15, 0.2) is 11.5 Å². The highest BCUT2D eigenvalue weighted by atomic mass is 19.4. The van der Waals surface area contributed by atoms with Crippen molar-refractivity contribution in [3.63, 3.8) is 0 Å². The molecule has 2 aromatic rings. The van der Waals surface area contributed by atoms with Crippen LogP contribution < -0.4 is 20.1 Å². The highest BCUT2D eigenvalue weighted by molar-refractivity contribution is 5.90. The Bertz CT molecular complexity index is 820. The zero-order valence-corrected chi connectivity index (χ0v) is 15.4. The van der Waals surface area contributed by atoms with Gasteiger partial charge in [0.05, 0.1) is 31.0 Å². The van der Waals surface area contributed by atoms with Gasteiger partial charge in [-0.15, -0.1) is 0 Å². The lowest BCUT2D eigenvalue weighted by Gasteiger charge is -2.28. The van der Waals surface area contributed by atoms with E-state index in [4.69, 9.17) is 9.47 Å². The highest BCUT2D eigenvalue weighted by Crippen LogP contribution is 2.35. The van der Waals surface area contributed by atoms with Crippen molar-refractivity contribution in [2.75, 3.05) is 19.5 Å². The molecule has 8 heteroatoms. The van der Waals surface area contributed by atoms with E-state index in [0.29, 0.717) is 17.1 Å². The number of ether oxygens (including phenoxy) is 2. The minimum absolute atomic E-state index is 0.314. The Kier molecular flexibility index (Phi) is 5.88. The molecule has 2 N–H and O–H groups in total. The van der Waals surface area contributed by atoms with Crippen molar-refractivity contribution in [1.82, 2.24) is 5.32 Å². The first kappa shape index (κ1) is 20.4. The van der Waals surface area contributed by atoms with Crippen LogP contribution in [-0.4, -0.2) is 20.3 Å². The van der Waals surface area contributed by atoms with E-state index in [-0.39, 0.29) is 5.69 Å². The van der Waals surface area contributed by atoms with Crippen molar-refractivity contribution < 1.29 is 27.4 Å². The van der Waals surface area contributed by atoms with Crippen LogP contribution in [0.15, 0.2) is 42.5 Å². The largest absolute Gasteiger partial charge is 0.493 e. The van der Waals surface area contributed by atoms with Crippen molar-refractivity contribution >= 4 is 11.7 Å². The van der Waals surface area contributed by atoms with E-state index < -0.39 is 23.3 Å². The second-order valence-corrected chi connectivity index (χ2v) is 6.32. The van der Waals surface area contributed by atoms with Crippen LogP contribution in [0.5, 0.6) is 11.5 Å². The molecule has 0 aliphatic carbocycles. The number of nitrogens with one attached hydrogen (secondary N) is 2. The second-order valence-electron chi connectivity index (χ2n) is 6.32. The lowest BCUT2D eigenvalue weighted by Crippen LogP contribution is -2.43. The smallest absolute Gasteiger partial charge is 0.418 e. The molecule has 27 heavy (non-hydrogen) atoms. The summed E-state index contributed by atoms with van der Waals surface area (Å²) in [6, 6.07) is 9.17. The maximum absolute atomic E-state index is 13.1. The Labute approximate surface area is 155 Å². The van der Waals surface area contributed by atoms with Gasteiger partial charge in [0, 0.05) is 0 Å². The van der Waals surface area contributed by atoms with Gasteiger partial charge in [-0.3, -0.25) is 0 Å². The molecule has 2 amide bonds. The molecule has 0 saturated carbocycles. The molecule has 0 fully saturated rings. The molecule has 0 saturated heterocycles. The molecule has 0 spiro atoms. The Morgan fingerprint density at radius 3 is 2.19 bits per heavy atom. The van der Waals surface area contributed by atoms with Crippen LogP contribution in [0.25, 0.3) is 0 Å². The van der Waals surface area contributed by atoms with Gasteiger partial charge >= 0.3 is 12.2 Å². The van der Waals surface area contributed by atoms with E-state index in [9.17, 15) is 18.0 Å². The molecular formula is C19H21F3N2O3. The fourth-order valence-corrected chi connectivity index (χ4v) is 2.57. The number of carbonyl (C=O) groups is 1. The summed E-state index contributed by atoms with van der Waals surface area (Å²) in [5, 5.41) is 4.94. The molecule has 0 radical (unpaired) electrons. The van der Waals surface area contributed by atoms with E-state index in [1.165, 1.54) is 32.4 Å². The number of alkyl halides is 3. The second kappa shape index (κ2) is 7.77. The lowest BCUT2D eigenvalue weighted by molar-refractivity contribution is -0.136. The van der Waals surface area contributed by atoms with Gasteiger partial charge in [-0.1, -0.05) is 18.2 Å². The first-order valence-corrected chi connectivity index (χ1v) is 8.06. The topological polar surface area (TPSA) is 59.6 Å². The maximum atomic E-state index is 13.1. The summed E-state index contributed by atoms with van der Waals surface area (Å²) in [4.78, 5) is 12.3. The number of urea groups is 1. The standard InChI is InChI=1S/C19H21F3N2O3/c1-18(2,12-9-10-15(26-3)16(11-12)27-4)24-17(25)23-14-8-6-5-7-13(14)19(20,21)22/h5-11H,1-4H3,(H2,23,24,25). The molecular weight excluding hydrogens is 361 g/mol. The maximum Gasteiger partial charge on any atom is 0.418 e. The van der Waals surface area contributed by atoms with Gasteiger partial charge in [0.2, 0.25) is 0 Å². The number of benzene rings is 2. The van der Waals surface area contributed by atoms with Gasteiger partial charge in [-0.05, 0) is 43.7 Å². The third-order valence-electron chi connectivity index (χ3n) is 4.01. The van der Waals surface area contributed by atoms with E-state index >= 15 is 0 Å². The van der Waals surface area contributed by atoms with Crippen molar-refractivity contribution in [3.05, 3.63) is 53.6 Å². The average molecular weight is 382 g/mol. The first-order valence-electron chi connectivity index (χ1n) is 8.06. The average Bonchev–Trinajstić information content (AvgIpc) is 2.60. The molecule has 146 valence electrons. The number of hydrogen-bond donors (Lipinski definition) is 2. The summed E-state index contributed by atoms with van der Waals surface area (Å²) in [7, 11) is 3.00. The summed E-state index contributed by atoms with van der Waals surface area (Å²) >= 11 is 0. The summed E-state index contributed by atoms with van der Waals surface area (Å²) < 4.78 is 49.6. The number of methoxy groups -OCH3 is 2. The third-order valence-corrected chi connectivity index (χ3v) is 4.01. The SMILES string of the molecule is COc1ccc(C(C)(C)NC(=O)Nc2ccccc2C(F)(F)F)cc1OC. The van der Waals surface area contributed by atoms with Crippen LogP contribution in [-0.2, 0) is 11.7 Å². The summed E-state index contributed by atoms with van der Waals surface area (Å²) in [6.45, 7) is 3.45. The van der Waals surface area contributed by atoms with Crippen molar-refractivity contribution in [2.24, 2.45) is 0 Å². The number of anilines is 1. The number of halogens is 3. The number of hydrogen-bond acceptors (Lipinski definition) is 3. The molecule has 0 atom stereocenters. The summed E-state index contributed by atoms with van der Waals surface area (Å²) in [5.41, 5.74) is -1.41. The van der Waals surface area contributed by atoms with Crippen LogP contribution in [0.2, 0.25) is 0 Å². The molecule has 0 heterocycles. The van der Waals surface area contributed by atoms with Gasteiger partial charge in [-0.25, -0.2) is 4.79 Å². The predicted molar refractivity (Wildman–Crippen MR) is 96.2 cm³/mol. The quantitative estimate of drug-likeness (QED) is 0.782. The first-order chi connectivity index (χ1) is 12.6. The minimum Gasteiger partial charge on any atom is -0.493 e. The predicted octanol–water partition coefficient (Wildman–Crippen LogP) is 4.78. The molecule has 2 rings (SSSR count). The minimum atomic E-state index is -4.57. The molecule has 0 aromatic heterocycles. The zero-order chi connectivity index (χ0) is 20.2. The molecule has 0 aliphatic rings. The molecule has 0 bridgehead atoms. The van der Waals surface area contributed by atoms with E-state index in [0.717, 1.165) is 6.07 Å². The monoisotopic (exact) mass is 382 g/mol. The van der Waals surface area contributed by atoms with E-state index in [1.54, 1.807) is 32.0 Å². The van der Waals surface area contributed by atoms with Crippen LogP contribution in [0.4, 0.5) is 23.7 Å². The normalized spacial score (nSPS) is 11.7. The molecule has 0 unspecified atom stereocenters. The fraction of sp³-hybridized carbons (Fsp3) is 0.316. The number of amides is 2. The molecule has 5 nitrogen and oxygen atoms in total. The molecule has 0 aliphatic heterocycles. The summed E-state index contributed by atoms with van der Waals surface area (Å²) in [6.07, 6.45) is -4.57. The van der Waals surface area contributed by atoms with E-state index in [1.807, 2.05) is 0 Å². The van der Waals surface area contributed by atoms with Crippen LogP contribution in [0.1, 0.15) is 25.0 Å².